The fourth-order valence-electron chi connectivity index (χ4n) is 1.73. The van der Waals surface area contributed by atoms with E-state index in [1.54, 1.807) is 0 Å². The first-order valence-corrected chi connectivity index (χ1v) is 15.0. The molecule has 5 heteroatoms. The molecule has 1 N–H and O–H groups in total. The minimum Gasteiger partial charge on any atom is -0.413 e. The minimum atomic E-state index is -1.87. The van der Waals surface area contributed by atoms with E-state index in [2.05, 4.69) is 86.8 Å². The number of hydrogen-bond acceptors (Lipinski definition) is 3. The molecule has 0 saturated heterocycles. The van der Waals surface area contributed by atoms with Crippen molar-refractivity contribution in [2.45, 2.75) is 90.8 Å². The standard InChI is InChI=1S/C19H42O3Si2/c1-16(13-12-14-21-23(8,9)18(2,3)4)17(15-20)22-24(10,11)19(5,6)7/h12-13,16-17,20H,14-15H2,1-11H3/b13-12-/t16-,17-/m0/s1. The summed E-state index contributed by atoms with van der Waals surface area (Å²) >= 11 is 0. The van der Waals surface area contributed by atoms with Gasteiger partial charge in [0.15, 0.2) is 16.6 Å². The zero-order valence-corrected chi connectivity index (χ0v) is 20.0. The fourth-order valence-corrected chi connectivity index (χ4v) is 4.08. The summed E-state index contributed by atoms with van der Waals surface area (Å²) < 4.78 is 12.5. The summed E-state index contributed by atoms with van der Waals surface area (Å²) in [5.74, 6) is 0.173. The lowest BCUT2D eigenvalue weighted by Gasteiger charge is -2.40. The Hall–Kier alpha value is 0.0538. The summed E-state index contributed by atoms with van der Waals surface area (Å²) in [4.78, 5) is 0. The molecule has 0 amide bonds. The maximum atomic E-state index is 9.76. The van der Waals surface area contributed by atoms with Crippen molar-refractivity contribution in [2.75, 3.05) is 13.2 Å². The molecule has 0 aliphatic heterocycles. The molecule has 3 nitrogen and oxygen atoms in total. The van der Waals surface area contributed by atoms with E-state index < -0.39 is 16.6 Å². The van der Waals surface area contributed by atoms with E-state index in [0.717, 1.165) is 0 Å². The van der Waals surface area contributed by atoms with Crippen molar-refractivity contribution in [3.8, 4) is 0 Å². The van der Waals surface area contributed by atoms with Gasteiger partial charge in [-0.1, -0.05) is 60.6 Å². The van der Waals surface area contributed by atoms with E-state index in [4.69, 9.17) is 8.85 Å². The lowest BCUT2D eigenvalue weighted by atomic mass is 10.1. The normalized spacial score (nSPS) is 17.3. The zero-order valence-electron chi connectivity index (χ0n) is 18.0. The van der Waals surface area contributed by atoms with Gasteiger partial charge in [-0.05, 0) is 36.3 Å². The smallest absolute Gasteiger partial charge is 0.192 e. The van der Waals surface area contributed by atoms with Crippen molar-refractivity contribution in [1.82, 2.24) is 0 Å². The summed E-state index contributed by atoms with van der Waals surface area (Å²) in [5, 5.41) is 10.1. The maximum Gasteiger partial charge on any atom is 0.192 e. The van der Waals surface area contributed by atoms with E-state index in [1.165, 1.54) is 0 Å². The molecule has 0 aromatic rings. The van der Waals surface area contributed by atoms with E-state index >= 15 is 0 Å². The average molecular weight is 375 g/mol. The van der Waals surface area contributed by atoms with E-state index in [0.29, 0.717) is 6.61 Å². The Morgan fingerprint density at radius 2 is 1.38 bits per heavy atom. The van der Waals surface area contributed by atoms with Crippen LogP contribution in [0.4, 0.5) is 0 Å². The molecule has 2 atom stereocenters. The summed E-state index contributed by atoms with van der Waals surface area (Å²) in [7, 11) is -3.57. The van der Waals surface area contributed by atoms with Gasteiger partial charge in [-0.15, -0.1) is 0 Å². The zero-order chi connectivity index (χ0) is 19.4. The van der Waals surface area contributed by atoms with Crippen LogP contribution in [0, 0.1) is 5.92 Å². The molecule has 0 aromatic heterocycles. The third-order valence-electron chi connectivity index (χ3n) is 5.80. The first-order valence-electron chi connectivity index (χ1n) is 9.14. The van der Waals surface area contributed by atoms with Gasteiger partial charge in [0, 0.05) is 5.92 Å². The number of aliphatic hydroxyl groups excluding tert-OH is 1. The molecule has 0 aliphatic carbocycles. The molecular weight excluding hydrogens is 332 g/mol. The van der Waals surface area contributed by atoms with Crippen molar-refractivity contribution in [3.05, 3.63) is 12.2 Å². The van der Waals surface area contributed by atoms with E-state index in [1.807, 2.05) is 0 Å². The van der Waals surface area contributed by atoms with Gasteiger partial charge < -0.3 is 14.0 Å². The molecule has 0 unspecified atom stereocenters. The second-order valence-corrected chi connectivity index (χ2v) is 19.5. The predicted octanol–water partition coefficient (Wildman–Crippen LogP) is 5.58. The monoisotopic (exact) mass is 374 g/mol. The molecule has 0 saturated carbocycles. The Bertz CT molecular complexity index is 404. The van der Waals surface area contributed by atoms with E-state index in [-0.39, 0.29) is 28.7 Å². The van der Waals surface area contributed by atoms with Gasteiger partial charge in [0.25, 0.3) is 0 Å². The third kappa shape index (κ3) is 7.12. The van der Waals surface area contributed by atoms with Crippen molar-refractivity contribution >= 4 is 16.6 Å². The Balaban J connectivity index is 4.70. The molecule has 0 heterocycles. The Kier molecular flexibility index (Phi) is 8.65. The summed E-state index contributed by atoms with van der Waals surface area (Å²) in [5.41, 5.74) is 0. The van der Waals surface area contributed by atoms with Gasteiger partial charge in [-0.3, -0.25) is 0 Å². The largest absolute Gasteiger partial charge is 0.413 e. The van der Waals surface area contributed by atoms with Crippen LogP contribution in [0.1, 0.15) is 48.5 Å². The van der Waals surface area contributed by atoms with Crippen LogP contribution in [0.2, 0.25) is 36.3 Å². The van der Waals surface area contributed by atoms with Crippen LogP contribution < -0.4 is 0 Å². The highest BCUT2D eigenvalue weighted by molar-refractivity contribution is 6.74. The first-order chi connectivity index (χ1) is 10.5. The van der Waals surface area contributed by atoms with Crippen molar-refractivity contribution < 1.29 is 14.0 Å². The number of rotatable bonds is 8. The molecule has 0 aliphatic rings. The van der Waals surface area contributed by atoms with Crippen LogP contribution in [0.3, 0.4) is 0 Å². The molecule has 0 radical (unpaired) electrons. The van der Waals surface area contributed by atoms with Crippen LogP contribution in [0.25, 0.3) is 0 Å². The highest BCUT2D eigenvalue weighted by atomic mass is 28.4. The molecule has 0 rings (SSSR count). The van der Waals surface area contributed by atoms with Crippen LogP contribution in [0.5, 0.6) is 0 Å². The summed E-state index contributed by atoms with van der Waals surface area (Å²) in [6, 6.07) is 0. The third-order valence-corrected chi connectivity index (χ3v) is 14.8. The molecular formula is C19H42O3Si2. The van der Waals surface area contributed by atoms with Crippen molar-refractivity contribution in [3.63, 3.8) is 0 Å². The second-order valence-electron chi connectivity index (χ2n) is 9.96. The van der Waals surface area contributed by atoms with E-state index in [9.17, 15) is 5.11 Å². The highest BCUT2D eigenvalue weighted by Crippen LogP contribution is 2.38. The van der Waals surface area contributed by atoms with Gasteiger partial charge in [0.05, 0.1) is 19.3 Å². The average Bonchev–Trinajstić information content (AvgIpc) is 2.38. The van der Waals surface area contributed by atoms with Crippen molar-refractivity contribution in [1.29, 1.82) is 0 Å². The van der Waals surface area contributed by atoms with Gasteiger partial charge in [0.1, 0.15) is 0 Å². The minimum absolute atomic E-state index is 0.0567. The van der Waals surface area contributed by atoms with Crippen LogP contribution in [0.15, 0.2) is 12.2 Å². The number of hydrogen-bond donors (Lipinski definition) is 1. The Morgan fingerprint density at radius 1 is 0.917 bits per heavy atom. The Labute approximate surface area is 153 Å². The second kappa shape index (κ2) is 8.63. The molecule has 24 heavy (non-hydrogen) atoms. The SMILES string of the molecule is C[C@@H](/C=C\CO[Si](C)(C)C(C)(C)C)[C@H](CO)O[Si](C)(C)C(C)(C)C. The lowest BCUT2D eigenvalue weighted by Crippen LogP contribution is -2.46. The summed E-state index contributed by atoms with van der Waals surface area (Å²) in [6.07, 6.45) is 4.07. The van der Waals surface area contributed by atoms with Gasteiger partial charge >= 0.3 is 0 Å². The first kappa shape index (κ1) is 24.1. The van der Waals surface area contributed by atoms with Gasteiger partial charge in [0.2, 0.25) is 0 Å². The molecule has 0 aromatic carbocycles. The lowest BCUT2D eigenvalue weighted by molar-refractivity contribution is 0.0767. The molecule has 0 fully saturated rings. The van der Waals surface area contributed by atoms with Crippen LogP contribution >= 0.6 is 0 Å². The summed E-state index contributed by atoms with van der Waals surface area (Å²) in [6.45, 7) is 25.2. The van der Waals surface area contributed by atoms with Crippen LogP contribution in [-0.2, 0) is 8.85 Å². The molecule has 0 spiro atoms. The topological polar surface area (TPSA) is 38.7 Å². The van der Waals surface area contributed by atoms with Crippen molar-refractivity contribution in [2.24, 2.45) is 5.92 Å². The van der Waals surface area contributed by atoms with Crippen LogP contribution in [-0.4, -0.2) is 41.1 Å². The maximum absolute atomic E-state index is 9.76. The quantitative estimate of drug-likeness (QED) is 0.445. The molecule has 144 valence electrons. The Morgan fingerprint density at radius 3 is 1.75 bits per heavy atom. The number of aliphatic hydroxyl groups is 1. The highest BCUT2D eigenvalue weighted by Gasteiger charge is 2.40. The predicted molar refractivity (Wildman–Crippen MR) is 111 cm³/mol. The van der Waals surface area contributed by atoms with Gasteiger partial charge in [-0.25, -0.2) is 0 Å². The molecule has 0 bridgehead atoms. The van der Waals surface area contributed by atoms with Gasteiger partial charge in [-0.2, -0.15) is 0 Å². The fraction of sp³-hybridized carbons (Fsp3) is 0.895.